The maximum atomic E-state index is 5.94. The van der Waals surface area contributed by atoms with E-state index in [4.69, 9.17) is 14.7 Å². The van der Waals surface area contributed by atoms with E-state index in [1.807, 2.05) is 23.9 Å². The molecule has 0 saturated carbocycles. The van der Waals surface area contributed by atoms with Crippen molar-refractivity contribution in [1.29, 1.82) is 0 Å². The van der Waals surface area contributed by atoms with E-state index in [2.05, 4.69) is 87.4 Å². The summed E-state index contributed by atoms with van der Waals surface area (Å²) in [5.74, 6) is 1.98. The summed E-state index contributed by atoms with van der Waals surface area (Å²) in [6.45, 7) is 15.4. The quantitative estimate of drug-likeness (QED) is 0.203. The van der Waals surface area contributed by atoms with E-state index in [1.165, 1.54) is 29.4 Å². The predicted octanol–water partition coefficient (Wildman–Crippen LogP) is 5.27. The van der Waals surface area contributed by atoms with Gasteiger partial charge in [-0.3, -0.25) is 4.90 Å². The average Bonchev–Trinajstić information content (AvgIpc) is 3.51. The monoisotopic (exact) mass is 627 g/mol. The number of piperazine rings is 1. The molecule has 6 rings (SSSR count). The second-order valence-corrected chi connectivity index (χ2v) is 14.3. The smallest absolute Gasteiger partial charge is 0.229 e. The maximum absolute atomic E-state index is 5.94. The minimum atomic E-state index is -0.313. The molecule has 2 aliphatic rings. The molecule has 2 aromatic heterocycles. The summed E-state index contributed by atoms with van der Waals surface area (Å²) in [5.41, 5.74) is 6.22. The van der Waals surface area contributed by atoms with Gasteiger partial charge in [-0.25, -0.2) is 9.97 Å². The van der Waals surface area contributed by atoms with E-state index in [0.29, 0.717) is 17.8 Å². The molecule has 0 aliphatic carbocycles. The first-order valence-electron chi connectivity index (χ1n) is 16.0. The number of piperidine rings is 1. The molecule has 0 radical (unpaired) electrons. The molecular weight excluding hydrogens is 581 g/mol. The van der Waals surface area contributed by atoms with E-state index in [-0.39, 0.29) is 7.92 Å². The van der Waals surface area contributed by atoms with Gasteiger partial charge in [0.05, 0.1) is 31.0 Å². The summed E-state index contributed by atoms with van der Waals surface area (Å²) < 4.78 is 7.90. The number of nitrogens with one attached hydrogen (secondary N) is 3. The number of aromatic nitrogens is 4. The molecule has 0 amide bonds. The number of nitrogens with zero attached hydrogens (tertiary/aromatic N) is 6. The van der Waals surface area contributed by atoms with Crippen LogP contribution in [-0.2, 0) is 6.42 Å². The van der Waals surface area contributed by atoms with Gasteiger partial charge >= 0.3 is 0 Å². The van der Waals surface area contributed by atoms with Crippen LogP contribution in [-0.4, -0.2) is 90.2 Å². The Morgan fingerprint density at radius 1 is 0.978 bits per heavy atom. The number of hydrogen-bond donors (Lipinski definition) is 3. The third kappa shape index (κ3) is 7.08. The van der Waals surface area contributed by atoms with Crippen molar-refractivity contribution in [1.82, 2.24) is 29.7 Å². The van der Waals surface area contributed by atoms with Crippen LogP contribution in [0.2, 0.25) is 0 Å². The molecule has 11 heteroatoms. The third-order valence-electron chi connectivity index (χ3n) is 8.90. The van der Waals surface area contributed by atoms with Crippen molar-refractivity contribution in [3.8, 4) is 11.4 Å². The largest absolute Gasteiger partial charge is 0.494 e. The zero-order chi connectivity index (χ0) is 31.3. The Balaban J connectivity index is 1.27. The number of benzene rings is 2. The fourth-order valence-electron chi connectivity index (χ4n) is 6.46. The molecule has 0 atom stereocenters. The summed E-state index contributed by atoms with van der Waals surface area (Å²) in [7, 11) is 1.42. The van der Waals surface area contributed by atoms with E-state index >= 15 is 0 Å². The summed E-state index contributed by atoms with van der Waals surface area (Å²) in [5, 5.41) is 11.9. The number of hydrogen-bond acceptors (Lipinski definition) is 9. The molecule has 2 aromatic carbocycles. The van der Waals surface area contributed by atoms with Gasteiger partial charge in [-0.05, 0) is 62.5 Å². The standard InChI is InChI=1S/C34H46N9OP/c1-6-25-19-28(31(44-3)20-29(25)42-15-11-26(12-16-42)41-17-13-35-14-18-41)39-34-36-21-30(43-22-24(2)37-23-43)33(40-34)38-27-9-7-8-10-32(27)45(4)5/h7-10,19-23,26,35H,6,11-18H2,1-5H3,(H2,36,38,39,40). The SMILES string of the molecule is CCc1cc(Nc2ncc(-n3cnc(C)c3)c(Nc3ccccc3P(C)C)n2)c(OC)cc1N1CCC(N2CCNCC2)CC1. The van der Waals surface area contributed by atoms with Gasteiger partial charge in [0.25, 0.3) is 0 Å². The van der Waals surface area contributed by atoms with Crippen LogP contribution in [0, 0.1) is 6.92 Å². The lowest BCUT2D eigenvalue weighted by Crippen LogP contribution is -2.52. The number of anilines is 5. The van der Waals surface area contributed by atoms with Gasteiger partial charge in [0.2, 0.25) is 5.95 Å². The molecule has 4 heterocycles. The Morgan fingerprint density at radius 2 is 1.76 bits per heavy atom. The molecule has 0 spiro atoms. The Kier molecular flexibility index (Phi) is 9.83. The topological polar surface area (TPSA) is 95.4 Å². The van der Waals surface area contributed by atoms with Crippen LogP contribution in [0.25, 0.3) is 5.69 Å². The number of methoxy groups -OCH3 is 1. The second-order valence-electron chi connectivity index (χ2n) is 12.1. The summed E-state index contributed by atoms with van der Waals surface area (Å²) in [6, 6.07) is 13.5. The van der Waals surface area contributed by atoms with E-state index in [1.54, 1.807) is 13.4 Å². The highest BCUT2D eigenvalue weighted by molar-refractivity contribution is 7.64. The molecule has 3 N–H and O–H groups in total. The van der Waals surface area contributed by atoms with Crippen molar-refractivity contribution in [3.05, 3.63) is 66.4 Å². The Labute approximate surface area is 268 Å². The van der Waals surface area contributed by atoms with Gasteiger partial charge in [0, 0.05) is 68.9 Å². The molecule has 2 saturated heterocycles. The first kappa shape index (κ1) is 31.3. The molecule has 45 heavy (non-hydrogen) atoms. The molecular formula is C34H46N9OP. The number of imidazole rings is 1. The number of aryl methyl sites for hydroxylation is 2. The summed E-state index contributed by atoms with van der Waals surface area (Å²) in [6.07, 6.45) is 8.93. The van der Waals surface area contributed by atoms with Crippen LogP contribution in [0.3, 0.4) is 0 Å². The van der Waals surface area contributed by atoms with E-state index in [0.717, 1.165) is 74.2 Å². The fraction of sp³-hybridized carbons (Fsp3) is 0.441. The highest BCUT2D eigenvalue weighted by Gasteiger charge is 2.27. The van der Waals surface area contributed by atoms with Crippen LogP contribution >= 0.6 is 7.92 Å². The molecule has 0 bridgehead atoms. The predicted molar refractivity (Wildman–Crippen MR) is 187 cm³/mol. The van der Waals surface area contributed by atoms with Crippen LogP contribution < -0.4 is 30.9 Å². The first-order valence-corrected chi connectivity index (χ1v) is 18.3. The van der Waals surface area contributed by atoms with Crippen molar-refractivity contribution in [2.24, 2.45) is 0 Å². The van der Waals surface area contributed by atoms with Crippen LogP contribution in [0.15, 0.2) is 55.1 Å². The molecule has 0 unspecified atom stereocenters. The number of para-hydroxylation sites is 1. The lowest BCUT2D eigenvalue weighted by Gasteiger charge is -2.41. The zero-order valence-corrected chi connectivity index (χ0v) is 28.1. The van der Waals surface area contributed by atoms with Crippen molar-refractivity contribution >= 4 is 42.1 Å². The van der Waals surface area contributed by atoms with E-state index < -0.39 is 0 Å². The van der Waals surface area contributed by atoms with Gasteiger partial charge in [-0.1, -0.05) is 33.0 Å². The van der Waals surface area contributed by atoms with Gasteiger partial charge in [-0.2, -0.15) is 4.98 Å². The molecule has 2 aliphatic heterocycles. The Morgan fingerprint density at radius 3 is 2.44 bits per heavy atom. The molecule has 2 fully saturated rings. The van der Waals surface area contributed by atoms with Crippen LogP contribution in [0.4, 0.5) is 28.8 Å². The summed E-state index contributed by atoms with van der Waals surface area (Å²) >= 11 is 0. The Bertz CT molecular complexity index is 1590. The zero-order valence-electron chi connectivity index (χ0n) is 27.2. The molecule has 238 valence electrons. The van der Waals surface area contributed by atoms with Crippen molar-refractivity contribution < 1.29 is 4.74 Å². The third-order valence-corrected chi connectivity index (χ3v) is 10.3. The van der Waals surface area contributed by atoms with Crippen molar-refractivity contribution in [2.75, 3.05) is 75.2 Å². The van der Waals surface area contributed by atoms with Crippen LogP contribution in [0.1, 0.15) is 31.0 Å². The van der Waals surface area contributed by atoms with Crippen molar-refractivity contribution in [3.63, 3.8) is 0 Å². The highest BCUT2D eigenvalue weighted by Crippen LogP contribution is 2.37. The lowest BCUT2D eigenvalue weighted by atomic mass is 9.99. The maximum Gasteiger partial charge on any atom is 0.229 e. The highest BCUT2D eigenvalue weighted by atomic mass is 31.1. The minimum Gasteiger partial charge on any atom is -0.494 e. The average molecular weight is 628 g/mol. The number of ether oxygens (including phenoxy) is 1. The van der Waals surface area contributed by atoms with Crippen LogP contribution in [0.5, 0.6) is 5.75 Å². The minimum absolute atomic E-state index is 0.313. The van der Waals surface area contributed by atoms with Gasteiger partial charge in [0.1, 0.15) is 11.4 Å². The van der Waals surface area contributed by atoms with Gasteiger partial charge < -0.3 is 30.2 Å². The lowest BCUT2D eigenvalue weighted by molar-refractivity contribution is 0.150. The summed E-state index contributed by atoms with van der Waals surface area (Å²) in [4.78, 5) is 19.4. The molecule has 4 aromatic rings. The normalized spacial score (nSPS) is 16.3. The van der Waals surface area contributed by atoms with Gasteiger partial charge in [-0.15, -0.1) is 0 Å². The second kappa shape index (κ2) is 14.1. The fourth-order valence-corrected chi connectivity index (χ4v) is 7.46. The van der Waals surface area contributed by atoms with E-state index in [9.17, 15) is 0 Å². The number of rotatable bonds is 10. The Hall–Kier alpha value is -3.72. The molecule has 10 nitrogen and oxygen atoms in total. The van der Waals surface area contributed by atoms with Gasteiger partial charge in [0.15, 0.2) is 5.82 Å². The first-order chi connectivity index (χ1) is 21.9. The van der Waals surface area contributed by atoms with Crippen molar-refractivity contribution in [2.45, 2.75) is 39.2 Å².